The van der Waals surface area contributed by atoms with Gasteiger partial charge in [-0.1, -0.05) is 41.5 Å². The van der Waals surface area contributed by atoms with E-state index in [0.29, 0.717) is 23.2 Å². The van der Waals surface area contributed by atoms with E-state index in [2.05, 4.69) is 62.5 Å². The molecule has 1 heterocycles. The topological polar surface area (TPSA) is 22.1 Å². The van der Waals surface area contributed by atoms with Gasteiger partial charge in [0.15, 0.2) is 0 Å². The summed E-state index contributed by atoms with van der Waals surface area (Å²) in [5, 5.41) is 0. The first-order valence-electron chi connectivity index (χ1n) is 7.05. The van der Waals surface area contributed by atoms with Crippen molar-refractivity contribution in [1.29, 1.82) is 0 Å². The van der Waals surface area contributed by atoms with Crippen LogP contribution in [0.15, 0.2) is 22.8 Å². The maximum Gasteiger partial charge on any atom is 0.200 e. The van der Waals surface area contributed by atoms with Crippen LogP contribution < -0.4 is 0 Å². The Kier molecular flexibility index (Phi) is 6.21. The molecule has 0 amide bonds. The Bertz CT molecular complexity index is 368. The van der Waals surface area contributed by atoms with Crippen molar-refractivity contribution in [2.75, 3.05) is 0 Å². The second-order valence-electron chi connectivity index (χ2n) is 6.07. The Balaban J connectivity index is 2.87. The van der Waals surface area contributed by atoms with E-state index in [-0.39, 0.29) is 0 Å². The largest absolute Gasteiger partial charge is 0.410 e. The predicted molar refractivity (Wildman–Crippen MR) is 87.8 cm³/mol. The summed E-state index contributed by atoms with van der Waals surface area (Å²) in [6.45, 7) is 14.5. The minimum absolute atomic E-state index is 0.614. The maximum absolute atomic E-state index is 6.50. The van der Waals surface area contributed by atoms with E-state index >= 15 is 0 Å². The van der Waals surface area contributed by atoms with Gasteiger partial charge in [-0.2, -0.15) is 0 Å². The van der Waals surface area contributed by atoms with E-state index < -0.39 is 8.32 Å². The minimum Gasteiger partial charge on any atom is -0.410 e. The zero-order chi connectivity index (χ0) is 14.6. The van der Waals surface area contributed by atoms with Crippen LogP contribution in [0.3, 0.4) is 0 Å². The zero-order valence-corrected chi connectivity index (χ0v) is 15.5. The third-order valence-electron chi connectivity index (χ3n) is 3.97. The summed E-state index contributed by atoms with van der Waals surface area (Å²) in [4.78, 5) is 4.41. The number of pyridine rings is 1. The second kappa shape index (κ2) is 7.00. The average Bonchev–Trinajstić information content (AvgIpc) is 2.30. The first-order chi connectivity index (χ1) is 8.80. The molecule has 0 aliphatic carbocycles. The van der Waals surface area contributed by atoms with Crippen LogP contribution in [0.4, 0.5) is 0 Å². The van der Waals surface area contributed by atoms with Crippen LogP contribution in [0, 0.1) is 0 Å². The minimum atomic E-state index is -1.78. The highest BCUT2D eigenvalue weighted by molar-refractivity contribution is 9.10. The molecule has 0 N–H and O–H groups in total. The Morgan fingerprint density at radius 2 is 1.58 bits per heavy atom. The smallest absolute Gasteiger partial charge is 0.200 e. The normalized spacial score (nSPS) is 12.7. The molecule has 2 nitrogen and oxygen atoms in total. The van der Waals surface area contributed by atoms with Crippen molar-refractivity contribution >= 4 is 24.2 Å². The van der Waals surface area contributed by atoms with Gasteiger partial charge in [-0.3, -0.25) is 4.98 Å². The number of rotatable bonds is 6. The van der Waals surface area contributed by atoms with E-state index in [9.17, 15) is 0 Å². The molecule has 0 aliphatic heterocycles. The van der Waals surface area contributed by atoms with Crippen LogP contribution in [0.2, 0.25) is 16.6 Å². The summed E-state index contributed by atoms with van der Waals surface area (Å²) in [5.41, 5.74) is 2.86. The summed E-state index contributed by atoms with van der Waals surface area (Å²) in [7, 11) is -1.78. The molecule has 1 aromatic rings. The fourth-order valence-corrected chi connectivity index (χ4v) is 8.82. The quantitative estimate of drug-likeness (QED) is 0.633. The molecule has 0 aliphatic rings. The van der Waals surface area contributed by atoms with Crippen molar-refractivity contribution in [3.8, 4) is 0 Å². The van der Waals surface area contributed by atoms with Crippen molar-refractivity contribution in [2.45, 2.75) is 64.8 Å². The maximum atomic E-state index is 6.50. The molecular formula is C15H26BrNOSi. The third-order valence-corrected chi connectivity index (χ3v) is 10.5. The summed E-state index contributed by atoms with van der Waals surface area (Å²) in [5.74, 6) is 0. The number of hydrogen-bond donors (Lipinski definition) is 0. The van der Waals surface area contributed by atoms with Gasteiger partial charge in [0.05, 0.1) is 12.3 Å². The molecule has 0 saturated carbocycles. The van der Waals surface area contributed by atoms with E-state index in [1.165, 1.54) is 0 Å². The van der Waals surface area contributed by atoms with Gasteiger partial charge in [0.1, 0.15) is 0 Å². The highest BCUT2D eigenvalue weighted by atomic mass is 79.9. The Hall–Kier alpha value is -0.193. The molecule has 4 heteroatoms. The fraction of sp³-hybridized carbons (Fsp3) is 0.667. The Morgan fingerprint density at radius 3 is 1.95 bits per heavy atom. The summed E-state index contributed by atoms with van der Waals surface area (Å²) in [6.07, 6.45) is 1.84. The van der Waals surface area contributed by atoms with Gasteiger partial charge in [-0.05, 0) is 44.7 Å². The van der Waals surface area contributed by atoms with E-state index in [4.69, 9.17) is 4.43 Å². The SMILES string of the molecule is CC(C)[Si](OCc1ccc(Br)cn1)(C(C)C)C(C)C. The molecule has 0 spiro atoms. The van der Waals surface area contributed by atoms with E-state index in [1.54, 1.807) is 0 Å². The molecule has 1 rings (SSSR count). The lowest BCUT2D eigenvalue weighted by atomic mass is 10.4. The molecule has 0 atom stereocenters. The fourth-order valence-electron chi connectivity index (χ4n) is 3.19. The van der Waals surface area contributed by atoms with Gasteiger partial charge in [0.25, 0.3) is 0 Å². The van der Waals surface area contributed by atoms with Crippen LogP contribution in [0.5, 0.6) is 0 Å². The van der Waals surface area contributed by atoms with Crippen molar-refractivity contribution < 1.29 is 4.43 Å². The van der Waals surface area contributed by atoms with Gasteiger partial charge in [0, 0.05) is 10.7 Å². The number of nitrogens with zero attached hydrogens (tertiary/aromatic N) is 1. The van der Waals surface area contributed by atoms with E-state index in [0.717, 1.165) is 10.2 Å². The van der Waals surface area contributed by atoms with Crippen molar-refractivity contribution in [3.63, 3.8) is 0 Å². The molecule has 0 unspecified atom stereocenters. The molecule has 0 bridgehead atoms. The highest BCUT2D eigenvalue weighted by Crippen LogP contribution is 2.42. The van der Waals surface area contributed by atoms with E-state index in [1.807, 2.05) is 18.3 Å². The van der Waals surface area contributed by atoms with Crippen molar-refractivity contribution in [3.05, 3.63) is 28.5 Å². The first kappa shape index (κ1) is 16.9. The lowest BCUT2D eigenvalue weighted by Gasteiger charge is -2.42. The zero-order valence-electron chi connectivity index (χ0n) is 12.9. The van der Waals surface area contributed by atoms with Gasteiger partial charge < -0.3 is 4.43 Å². The summed E-state index contributed by atoms with van der Waals surface area (Å²) >= 11 is 3.41. The lowest BCUT2D eigenvalue weighted by Crippen LogP contribution is -2.47. The van der Waals surface area contributed by atoms with Gasteiger partial charge in [-0.25, -0.2) is 0 Å². The number of hydrogen-bond acceptors (Lipinski definition) is 2. The van der Waals surface area contributed by atoms with Crippen molar-refractivity contribution in [1.82, 2.24) is 4.98 Å². The second-order valence-corrected chi connectivity index (χ2v) is 12.4. The van der Waals surface area contributed by atoms with Crippen LogP contribution in [0.1, 0.15) is 47.2 Å². The number of halogens is 1. The van der Waals surface area contributed by atoms with Crippen molar-refractivity contribution in [2.24, 2.45) is 0 Å². The lowest BCUT2D eigenvalue weighted by molar-refractivity contribution is 0.262. The van der Waals surface area contributed by atoms with Crippen LogP contribution in [0.25, 0.3) is 0 Å². The average molecular weight is 344 g/mol. The Morgan fingerprint density at radius 1 is 1.05 bits per heavy atom. The molecule has 0 fully saturated rings. The molecule has 19 heavy (non-hydrogen) atoms. The van der Waals surface area contributed by atoms with Gasteiger partial charge in [0.2, 0.25) is 8.32 Å². The third kappa shape index (κ3) is 3.89. The van der Waals surface area contributed by atoms with Gasteiger partial charge in [-0.15, -0.1) is 0 Å². The molecule has 0 saturated heterocycles. The standard InChI is InChI=1S/C15H26BrNOSi/c1-11(2)19(12(3)4,13(5)6)18-10-15-8-7-14(16)9-17-15/h7-9,11-13H,10H2,1-6H3. The van der Waals surface area contributed by atoms with Crippen LogP contribution in [-0.2, 0) is 11.0 Å². The number of aromatic nitrogens is 1. The Labute approximate surface area is 127 Å². The summed E-state index contributed by atoms with van der Waals surface area (Å²) in [6, 6.07) is 4.05. The molecule has 108 valence electrons. The summed E-state index contributed by atoms with van der Waals surface area (Å²) < 4.78 is 7.51. The van der Waals surface area contributed by atoms with Crippen LogP contribution in [-0.4, -0.2) is 13.3 Å². The molecular weight excluding hydrogens is 318 g/mol. The molecule has 0 aromatic carbocycles. The van der Waals surface area contributed by atoms with Crippen LogP contribution >= 0.6 is 15.9 Å². The molecule has 0 radical (unpaired) electrons. The highest BCUT2D eigenvalue weighted by Gasteiger charge is 2.44. The van der Waals surface area contributed by atoms with Gasteiger partial charge >= 0.3 is 0 Å². The first-order valence-corrected chi connectivity index (χ1v) is 9.98. The predicted octanol–water partition coefficient (Wildman–Crippen LogP) is 5.54. The molecule has 1 aromatic heterocycles. The monoisotopic (exact) mass is 343 g/mol.